The smallest absolute Gasteiger partial charge is 0.335 e. The molecule has 6 heteroatoms. The Morgan fingerprint density at radius 1 is 1.04 bits per heavy atom. The van der Waals surface area contributed by atoms with Gasteiger partial charge in [0.25, 0.3) is 5.91 Å². The maximum Gasteiger partial charge on any atom is 0.335 e. The van der Waals surface area contributed by atoms with E-state index in [0.717, 1.165) is 28.7 Å². The van der Waals surface area contributed by atoms with Gasteiger partial charge < -0.3 is 14.7 Å². The molecule has 0 aliphatic rings. The monoisotopic (exact) mass is 331 g/mol. The van der Waals surface area contributed by atoms with E-state index in [1.54, 1.807) is 6.07 Å². The average molecular weight is 331 g/mol. The zero-order valence-electron chi connectivity index (χ0n) is 13.0. The summed E-state index contributed by atoms with van der Waals surface area (Å²) in [5, 5.41) is 2.78. The predicted octanol–water partition coefficient (Wildman–Crippen LogP) is 3.44. The Morgan fingerprint density at radius 2 is 1.92 bits per heavy atom. The van der Waals surface area contributed by atoms with Crippen molar-refractivity contribution in [2.24, 2.45) is 0 Å². The lowest BCUT2D eigenvalue weighted by atomic mass is 10.2. The Bertz CT molecular complexity index is 1070. The summed E-state index contributed by atoms with van der Waals surface area (Å²) in [5.74, 6) is 0.369. The number of rotatable bonds is 3. The van der Waals surface area contributed by atoms with Gasteiger partial charge in [0.05, 0.1) is 16.6 Å². The fraction of sp³-hybridized carbons (Fsp3) is 0. The van der Waals surface area contributed by atoms with Crippen LogP contribution in [-0.2, 0) is 0 Å². The lowest BCUT2D eigenvalue weighted by molar-refractivity contribution is 0.102. The van der Waals surface area contributed by atoms with Gasteiger partial charge >= 0.3 is 5.63 Å². The summed E-state index contributed by atoms with van der Waals surface area (Å²) in [6.45, 7) is 0. The molecule has 0 radical (unpaired) electrons. The second-order valence-corrected chi connectivity index (χ2v) is 5.48. The third kappa shape index (κ3) is 3.05. The van der Waals surface area contributed by atoms with E-state index >= 15 is 0 Å². The van der Waals surface area contributed by atoms with E-state index in [4.69, 9.17) is 4.42 Å². The number of aromatic amines is 1. The summed E-state index contributed by atoms with van der Waals surface area (Å²) in [6.07, 6.45) is 1.14. The Labute approximate surface area is 142 Å². The lowest BCUT2D eigenvalue weighted by Crippen LogP contribution is -2.12. The molecule has 0 fully saturated rings. The highest BCUT2D eigenvalue weighted by Gasteiger charge is 2.09. The molecule has 0 unspecified atom stereocenters. The van der Waals surface area contributed by atoms with E-state index in [2.05, 4.69) is 15.3 Å². The van der Waals surface area contributed by atoms with E-state index in [1.165, 1.54) is 12.1 Å². The minimum Gasteiger partial charge on any atom is -0.430 e. The largest absolute Gasteiger partial charge is 0.430 e. The predicted molar refractivity (Wildman–Crippen MR) is 94.5 cm³/mol. The number of hydrogen-bond acceptors (Lipinski definition) is 4. The summed E-state index contributed by atoms with van der Waals surface area (Å²) < 4.78 is 4.71. The van der Waals surface area contributed by atoms with Crippen LogP contribution in [0.1, 0.15) is 10.4 Å². The Morgan fingerprint density at radius 3 is 2.72 bits per heavy atom. The molecule has 0 saturated carbocycles. The van der Waals surface area contributed by atoms with E-state index in [1.807, 2.05) is 42.5 Å². The first-order chi connectivity index (χ1) is 12.2. The molecule has 0 bridgehead atoms. The molecular weight excluding hydrogens is 318 g/mol. The maximum absolute atomic E-state index is 12.2. The molecule has 0 aliphatic carbocycles. The molecule has 1 amide bonds. The van der Waals surface area contributed by atoms with Crippen LogP contribution in [0.3, 0.4) is 0 Å². The number of para-hydroxylation sites is 2. The fourth-order valence-corrected chi connectivity index (χ4v) is 2.52. The Kier molecular flexibility index (Phi) is 3.63. The van der Waals surface area contributed by atoms with Gasteiger partial charge in [0.15, 0.2) is 0 Å². The summed E-state index contributed by atoms with van der Waals surface area (Å²) in [5.41, 5.74) is 3.08. The number of amides is 1. The van der Waals surface area contributed by atoms with Crippen molar-refractivity contribution in [2.75, 3.05) is 5.32 Å². The normalized spacial score (nSPS) is 10.7. The molecule has 0 saturated heterocycles. The molecular formula is C19H13N3O3. The zero-order chi connectivity index (χ0) is 17.2. The number of benzene rings is 2. The average Bonchev–Trinajstić information content (AvgIpc) is 3.07. The first-order valence-corrected chi connectivity index (χ1v) is 7.64. The molecule has 4 aromatic rings. The Hall–Kier alpha value is -3.67. The van der Waals surface area contributed by atoms with Crippen LogP contribution in [0.15, 0.2) is 76.1 Å². The fourth-order valence-electron chi connectivity index (χ4n) is 2.52. The van der Waals surface area contributed by atoms with Crippen LogP contribution in [0, 0.1) is 0 Å². The number of carbonyl (C=O) groups excluding carboxylic acids is 1. The van der Waals surface area contributed by atoms with Crippen molar-refractivity contribution in [3.63, 3.8) is 0 Å². The minimum absolute atomic E-state index is 0.272. The number of H-pyrrole nitrogens is 1. The summed E-state index contributed by atoms with van der Waals surface area (Å²) >= 11 is 0. The highest BCUT2D eigenvalue weighted by Crippen LogP contribution is 2.23. The van der Waals surface area contributed by atoms with Gasteiger partial charge in [-0.3, -0.25) is 4.79 Å². The van der Waals surface area contributed by atoms with Crippen LogP contribution < -0.4 is 10.9 Å². The van der Waals surface area contributed by atoms with Crippen molar-refractivity contribution in [3.8, 4) is 11.4 Å². The second-order valence-electron chi connectivity index (χ2n) is 5.48. The summed E-state index contributed by atoms with van der Waals surface area (Å²) in [4.78, 5) is 31.0. The number of anilines is 1. The van der Waals surface area contributed by atoms with Crippen molar-refractivity contribution in [3.05, 3.63) is 82.9 Å². The number of nitrogens with zero attached hydrogens (tertiary/aromatic N) is 1. The van der Waals surface area contributed by atoms with Crippen molar-refractivity contribution in [2.45, 2.75) is 0 Å². The molecule has 0 aliphatic heterocycles. The first kappa shape index (κ1) is 14.9. The van der Waals surface area contributed by atoms with Crippen LogP contribution in [0.2, 0.25) is 0 Å². The molecule has 0 atom stereocenters. The molecule has 2 aromatic heterocycles. The molecule has 4 rings (SSSR count). The highest BCUT2D eigenvalue weighted by molar-refractivity contribution is 6.04. The van der Waals surface area contributed by atoms with Crippen molar-refractivity contribution < 1.29 is 9.21 Å². The van der Waals surface area contributed by atoms with Crippen molar-refractivity contribution in [1.82, 2.24) is 9.97 Å². The third-order valence-electron chi connectivity index (χ3n) is 3.75. The number of hydrogen-bond donors (Lipinski definition) is 2. The topological polar surface area (TPSA) is 88.0 Å². The van der Waals surface area contributed by atoms with Gasteiger partial charge in [-0.25, -0.2) is 9.78 Å². The molecule has 6 nitrogen and oxygen atoms in total. The van der Waals surface area contributed by atoms with Crippen molar-refractivity contribution >= 4 is 22.6 Å². The zero-order valence-corrected chi connectivity index (χ0v) is 13.0. The van der Waals surface area contributed by atoms with E-state index < -0.39 is 5.63 Å². The van der Waals surface area contributed by atoms with Crippen LogP contribution in [-0.4, -0.2) is 15.9 Å². The van der Waals surface area contributed by atoms with Gasteiger partial charge in [-0.15, -0.1) is 0 Å². The van der Waals surface area contributed by atoms with Gasteiger partial charge in [0, 0.05) is 17.3 Å². The number of carbonyl (C=O) groups is 1. The van der Waals surface area contributed by atoms with Gasteiger partial charge in [0.2, 0.25) is 0 Å². The number of nitrogens with one attached hydrogen (secondary N) is 2. The molecule has 25 heavy (non-hydrogen) atoms. The van der Waals surface area contributed by atoms with Crippen LogP contribution >= 0.6 is 0 Å². The van der Waals surface area contributed by atoms with Gasteiger partial charge in [-0.2, -0.15) is 0 Å². The van der Waals surface area contributed by atoms with Crippen LogP contribution in [0.25, 0.3) is 22.4 Å². The minimum atomic E-state index is -0.497. The summed E-state index contributed by atoms with van der Waals surface area (Å²) in [7, 11) is 0. The number of imidazole rings is 1. The molecule has 2 aromatic carbocycles. The Balaban J connectivity index is 1.61. The van der Waals surface area contributed by atoms with Gasteiger partial charge in [-0.1, -0.05) is 24.3 Å². The standard InChI is InChI=1S/C19H13N3O3/c23-17-9-8-13(11-25-17)19(24)20-14-5-3-4-12(10-14)18-21-15-6-1-2-7-16(15)22-18/h1-11H,(H,20,24)(H,21,22). The molecule has 122 valence electrons. The first-order valence-electron chi connectivity index (χ1n) is 7.64. The van der Waals surface area contributed by atoms with Crippen LogP contribution in [0.4, 0.5) is 5.69 Å². The molecule has 2 heterocycles. The quantitative estimate of drug-likeness (QED) is 0.602. The van der Waals surface area contributed by atoms with E-state index in [9.17, 15) is 9.59 Å². The number of fused-ring (bicyclic) bond motifs is 1. The summed E-state index contributed by atoms with van der Waals surface area (Å²) in [6, 6.07) is 17.8. The van der Waals surface area contributed by atoms with Gasteiger partial charge in [-0.05, 0) is 30.3 Å². The third-order valence-corrected chi connectivity index (χ3v) is 3.75. The SMILES string of the molecule is O=C(Nc1cccc(-c2nc3ccccc3[nH]2)c1)c1ccc(=O)oc1. The lowest BCUT2D eigenvalue weighted by Gasteiger charge is -2.06. The highest BCUT2D eigenvalue weighted by atomic mass is 16.4. The van der Waals surface area contributed by atoms with E-state index in [-0.39, 0.29) is 11.5 Å². The number of aromatic nitrogens is 2. The molecule has 2 N–H and O–H groups in total. The van der Waals surface area contributed by atoms with Gasteiger partial charge in [0.1, 0.15) is 12.1 Å². The maximum atomic E-state index is 12.2. The second kappa shape index (κ2) is 6.09. The molecule has 0 spiro atoms. The van der Waals surface area contributed by atoms with Crippen LogP contribution in [0.5, 0.6) is 0 Å². The van der Waals surface area contributed by atoms with Crippen molar-refractivity contribution in [1.29, 1.82) is 0 Å². The van der Waals surface area contributed by atoms with E-state index in [0.29, 0.717) is 5.69 Å².